The van der Waals surface area contributed by atoms with Gasteiger partial charge in [0, 0.05) is 18.3 Å². The fourth-order valence-electron chi connectivity index (χ4n) is 2.95. The summed E-state index contributed by atoms with van der Waals surface area (Å²) in [5, 5.41) is 3.39. The first-order valence-electron chi connectivity index (χ1n) is 8.70. The van der Waals surface area contributed by atoms with E-state index in [1.807, 2.05) is 18.2 Å². The third-order valence-corrected chi connectivity index (χ3v) is 4.66. The molecule has 2 aromatic carbocycles. The standard InChI is InChI=1S/C20H19F3N2O/c21-20(22,23)17-6-3-14(4-7-17)15-5-8-18-16(9-15)11-24-12-19(26-18)25-10-13-1-2-13/h3-9,11,13,19,25H,1-2,10,12H2. The van der Waals surface area contributed by atoms with Crippen molar-refractivity contribution in [1.29, 1.82) is 0 Å². The van der Waals surface area contributed by atoms with Gasteiger partial charge in [0.05, 0.1) is 12.1 Å². The van der Waals surface area contributed by atoms with Crippen LogP contribution in [0.1, 0.15) is 24.0 Å². The Labute approximate surface area is 149 Å². The van der Waals surface area contributed by atoms with Crippen molar-refractivity contribution >= 4 is 6.21 Å². The van der Waals surface area contributed by atoms with Crippen LogP contribution in [0.3, 0.4) is 0 Å². The molecule has 2 aliphatic rings. The van der Waals surface area contributed by atoms with Crippen LogP contribution in [0.25, 0.3) is 11.1 Å². The maximum absolute atomic E-state index is 12.7. The summed E-state index contributed by atoms with van der Waals surface area (Å²) in [6.07, 6.45) is -0.159. The van der Waals surface area contributed by atoms with Crippen LogP contribution in [-0.4, -0.2) is 25.5 Å². The van der Waals surface area contributed by atoms with Gasteiger partial charge < -0.3 is 4.74 Å². The summed E-state index contributed by atoms with van der Waals surface area (Å²) in [5.41, 5.74) is 1.74. The summed E-state index contributed by atoms with van der Waals surface area (Å²) < 4.78 is 44.1. The predicted molar refractivity (Wildman–Crippen MR) is 94.5 cm³/mol. The fourth-order valence-corrected chi connectivity index (χ4v) is 2.95. The molecule has 2 aromatic rings. The second-order valence-corrected chi connectivity index (χ2v) is 6.78. The van der Waals surface area contributed by atoms with Crippen LogP contribution in [-0.2, 0) is 6.18 Å². The zero-order chi connectivity index (χ0) is 18.1. The number of fused-ring (bicyclic) bond motifs is 1. The lowest BCUT2D eigenvalue weighted by atomic mass is 10.0. The molecule has 1 atom stereocenters. The molecule has 0 spiro atoms. The van der Waals surface area contributed by atoms with E-state index in [-0.39, 0.29) is 6.23 Å². The topological polar surface area (TPSA) is 33.6 Å². The molecule has 136 valence electrons. The highest BCUT2D eigenvalue weighted by Gasteiger charge is 2.30. The van der Waals surface area contributed by atoms with Crippen molar-refractivity contribution in [3.63, 3.8) is 0 Å². The second kappa shape index (κ2) is 6.76. The maximum Gasteiger partial charge on any atom is 0.416 e. The number of hydrogen-bond donors (Lipinski definition) is 1. The van der Waals surface area contributed by atoms with Crippen molar-refractivity contribution in [3.8, 4) is 16.9 Å². The highest BCUT2D eigenvalue weighted by Crippen LogP contribution is 2.32. The number of benzene rings is 2. The Kier molecular flexibility index (Phi) is 4.44. The van der Waals surface area contributed by atoms with Crippen molar-refractivity contribution in [2.75, 3.05) is 13.1 Å². The molecule has 3 nitrogen and oxygen atoms in total. The first-order chi connectivity index (χ1) is 12.5. The summed E-state index contributed by atoms with van der Waals surface area (Å²) >= 11 is 0. The van der Waals surface area contributed by atoms with Crippen LogP contribution in [0.15, 0.2) is 47.5 Å². The highest BCUT2D eigenvalue weighted by atomic mass is 19.4. The first-order valence-corrected chi connectivity index (χ1v) is 8.70. The van der Waals surface area contributed by atoms with Gasteiger partial charge in [-0.2, -0.15) is 13.2 Å². The third kappa shape index (κ3) is 3.90. The van der Waals surface area contributed by atoms with Gasteiger partial charge in [-0.05, 0) is 54.2 Å². The van der Waals surface area contributed by atoms with E-state index in [0.717, 1.165) is 47.0 Å². The minimum absolute atomic E-state index is 0.148. The zero-order valence-corrected chi connectivity index (χ0v) is 14.1. The van der Waals surface area contributed by atoms with Crippen LogP contribution >= 0.6 is 0 Å². The lowest BCUT2D eigenvalue weighted by Crippen LogP contribution is -2.38. The Morgan fingerprint density at radius 1 is 1.04 bits per heavy atom. The maximum atomic E-state index is 12.7. The van der Waals surface area contributed by atoms with Crippen LogP contribution in [0.2, 0.25) is 0 Å². The molecule has 6 heteroatoms. The molecule has 1 heterocycles. The van der Waals surface area contributed by atoms with Gasteiger partial charge in [-0.3, -0.25) is 10.3 Å². The van der Waals surface area contributed by atoms with E-state index in [4.69, 9.17) is 4.74 Å². The summed E-state index contributed by atoms with van der Waals surface area (Å²) in [6.45, 7) is 1.48. The average molecular weight is 360 g/mol. The zero-order valence-electron chi connectivity index (χ0n) is 14.1. The SMILES string of the molecule is FC(F)(F)c1ccc(-c2ccc3c(c2)C=NCC(NCC2CC2)O3)cc1. The minimum atomic E-state index is -4.32. The smallest absolute Gasteiger partial charge is 0.416 e. The van der Waals surface area contributed by atoms with Gasteiger partial charge in [-0.25, -0.2) is 0 Å². The first kappa shape index (κ1) is 17.1. The van der Waals surface area contributed by atoms with Gasteiger partial charge in [0.2, 0.25) is 0 Å². The van der Waals surface area contributed by atoms with E-state index >= 15 is 0 Å². The number of nitrogens with one attached hydrogen (secondary N) is 1. The number of rotatable bonds is 4. The molecule has 0 saturated heterocycles. The van der Waals surface area contributed by atoms with Crippen LogP contribution < -0.4 is 10.1 Å². The van der Waals surface area contributed by atoms with Gasteiger partial charge in [-0.15, -0.1) is 0 Å². The molecule has 4 rings (SSSR count). The normalized spacial score (nSPS) is 19.6. The molecule has 1 aliphatic heterocycles. The van der Waals surface area contributed by atoms with Crippen molar-refractivity contribution in [2.45, 2.75) is 25.2 Å². The monoisotopic (exact) mass is 360 g/mol. The number of halogens is 3. The van der Waals surface area contributed by atoms with E-state index in [9.17, 15) is 13.2 Å². The van der Waals surface area contributed by atoms with Gasteiger partial charge >= 0.3 is 6.18 Å². The molecule has 1 aliphatic carbocycles. The summed E-state index contributed by atoms with van der Waals surface area (Å²) in [4.78, 5) is 4.41. The largest absolute Gasteiger partial charge is 0.473 e. The van der Waals surface area contributed by atoms with Crippen molar-refractivity contribution < 1.29 is 17.9 Å². The number of hydrogen-bond acceptors (Lipinski definition) is 3. The van der Waals surface area contributed by atoms with Crippen molar-refractivity contribution in [1.82, 2.24) is 5.32 Å². The van der Waals surface area contributed by atoms with Crippen molar-refractivity contribution in [2.24, 2.45) is 10.9 Å². The molecule has 26 heavy (non-hydrogen) atoms. The third-order valence-electron chi connectivity index (χ3n) is 4.66. The predicted octanol–water partition coefficient (Wildman–Crippen LogP) is 4.51. The molecule has 0 radical (unpaired) electrons. The van der Waals surface area contributed by atoms with Crippen LogP contribution in [0, 0.1) is 5.92 Å². The Hall–Kier alpha value is -2.34. The van der Waals surface area contributed by atoms with Crippen LogP contribution in [0.5, 0.6) is 5.75 Å². The Balaban J connectivity index is 1.52. The lowest BCUT2D eigenvalue weighted by molar-refractivity contribution is -0.137. The summed E-state index contributed by atoms with van der Waals surface area (Å²) in [7, 11) is 0. The minimum Gasteiger partial charge on any atom is -0.473 e. The molecule has 1 N–H and O–H groups in total. The number of ether oxygens (including phenoxy) is 1. The summed E-state index contributed by atoms with van der Waals surface area (Å²) in [5.74, 6) is 1.49. The van der Waals surface area contributed by atoms with E-state index in [1.54, 1.807) is 6.21 Å². The van der Waals surface area contributed by atoms with Crippen LogP contribution in [0.4, 0.5) is 13.2 Å². The molecule has 0 aromatic heterocycles. The van der Waals surface area contributed by atoms with Gasteiger partial charge in [0.25, 0.3) is 0 Å². The Morgan fingerprint density at radius 3 is 2.46 bits per heavy atom. The number of aliphatic imine (C=N–C) groups is 1. The van der Waals surface area contributed by atoms with Crippen molar-refractivity contribution in [3.05, 3.63) is 53.6 Å². The Morgan fingerprint density at radius 2 is 1.77 bits per heavy atom. The molecular weight excluding hydrogens is 341 g/mol. The molecule has 0 bridgehead atoms. The molecule has 0 amide bonds. The van der Waals surface area contributed by atoms with Gasteiger partial charge in [-0.1, -0.05) is 18.2 Å². The number of nitrogens with zero attached hydrogens (tertiary/aromatic N) is 1. The average Bonchev–Trinajstić information content (AvgIpc) is 3.45. The molecule has 1 unspecified atom stereocenters. The molecule has 1 fully saturated rings. The molecule has 1 saturated carbocycles. The van der Waals surface area contributed by atoms with E-state index < -0.39 is 11.7 Å². The van der Waals surface area contributed by atoms with Gasteiger partial charge in [0.1, 0.15) is 5.75 Å². The van der Waals surface area contributed by atoms with E-state index in [1.165, 1.54) is 25.0 Å². The molecular formula is C20H19F3N2O. The Bertz CT molecular complexity index is 811. The highest BCUT2D eigenvalue weighted by molar-refractivity contribution is 5.86. The quantitative estimate of drug-likeness (QED) is 0.870. The number of alkyl halides is 3. The van der Waals surface area contributed by atoms with Gasteiger partial charge in [0.15, 0.2) is 6.23 Å². The second-order valence-electron chi connectivity index (χ2n) is 6.78. The lowest BCUT2D eigenvalue weighted by Gasteiger charge is -2.18. The fraction of sp³-hybridized carbons (Fsp3) is 0.350. The van der Waals surface area contributed by atoms with E-state index in [0.29, 0.717) is 6.54 Å². The summed E-state index contributed by atoms with van der Waals surface area (Å²) in [6, 6.07) is 10.8. The van der Waals surface area contributed by atoms with E-state index in [2.05, 4.69) is 10.3 Å².